The van der Waals surface area contributed by atoms with Crippen molar-refractivity contribution >= 4 is 5.91 Å². The average Bonchev–Trinajstić information content (AvgIpc) is 2.88. The molecule has 4 nitrogen and oxygen atoms in total. The van der Waals surface area contributed by atoms with Crippen LogP contribution in [0.4, 0.5) is 0 Å². The van der Waals surface area contributed by atoms with Gasteiger partial charge in [0.15, 0.2) is 0 Å². The molecule has 0 bridgehead atoms. The van der Waals surface area contributed by atoms with Gasteiger partial charge < -0.3 is 4.90 Å². The molecule has 86 valence electrons. The minimum absolute atomic E-state index is 0.115. The molecule has 0 aliphatic carbocycles. The summed E-state index contributed by atoms with van der Waals surface area (Å²) in [5, 5.41) is 4.14. The third-order valence-corrected chi connectivity index (χ3v) is 3.00. The Hall–Kier alpha value is -2.10. The third-order valence-electron chi connectivity index (χ3n) is 3.00. The molecule has 1 unspecified atom stereocenters. The van der Waals surface area contributed by atoms with Crippen molar-refractivity contribution in [3.63, 3.8) is 0 Å². The molecular formula is C13H13N3O. The maximum Gasteiger partial charge on any atom is 0.254 e. The van der Waals surface area contributed by atoms with Gasteiger partial charge >= 0.3 is 0 Å². The van der Waals surface area contributed by atoms with E-state index < -0.39 is 0 Å². The van der Waals surface area contributed by atoms with Gasteiger partial charge in [-0.05, 0) is 37.3 Å². The van der Waals surface area contributed by atoms with E-state index in [0.717, 1.165) is 17.8 Å². The van der Waals surface area contributed by atoms with Gasteiger partial charge in [0.25, 0.3) is 5.91 Å². The highest BCUT2D eigenvalue weighted by molar-refractivity contribution is 5.96. The summed E-state index contributed by atoms with van der Waals surface area (Å²) in [5.74, 6) is 0.115. The standard InChI is InChI=1S/C13H13N3O/c1-10-9-15(10)13(17)11-3-5-12(6-4-11)16-8-2-7-14-16/h2-8,10H,9H2,1H3. The predicted octanol–water partition coefficient (Wildman–Crippen LogP) is 1.72. The van der Waals surface area contributed by atoms with Crippen LogP contribution in [0.1, 0.15) is 17.3 Å². The maximum atomic E-state index is 11.9. The summed E-state index contributed by atoms with van der Waals surface area (Å²) < 4.78 is 1.77. The van der Waals surface area contributed by atoms with E-state index in [0.29, 0.717) is 6.04 Å². The second-order valence-corrected chi connectivity index (χ2v) is 4.30. The van der Waals surface area contributed by atoms with E-state index in [1.54, 1.807) is 10.9 Å². The fourth-order valence-electron chi connectivity index (χ4n) is 1.86. The Kier molecular flexibility index (Phi) is 2.21. The first-order valence-electron chi connectivity index (χ1n) is 5.67. The summed E-state index contributed by atoms with van der Waals surface area (Å²) in [5.41, 5.74) is 1.70. The monoisotopic (exact) mass is 227 g/mol. The van der Waals surface area contributed by atoms with Crippen molar-refractivity contribution < 1.29 is 4.79 Å². The molecule has 1 saturated heterocycles. The lowest BCUT2D eigenvalue weighted by molar-refractivity contribution is 0.0876. The van der Waals surface area contributed by atoms with Crippen LogP contribution in [0.2, 0.25) is 0 Å². The number of hydrogen-bond acceptors (Lipinski definition) is 2. The van der Waals surface area contributed by atoms with Gasteiger partial charge in [0, 0.05) is 30.5 Å². The first-order valence-corrected chi connectivity index (χ1v) is 5.67. The molecule has 0 spiro atoms. The van der Waals surface area contributed by atoms with Gasteiger partial charge in [0.05, 0.1) is 5.69 Å². The van der Waals surface area contributed by atoms with Crippen molar-refractivity contribution in [1.29, 1.82) is 0 Å². The van der Waals surface area contributed by atoms with E-state index in [1.165, 1.54) is 0 Å². The van der Waals surface area contributed by atoms with E-state index in [2.05, 4.69) is 12.0 Å². The lowest BCUT2D eigenvalue weighted by Crippen LogP contribution is -2.12. The molecule has 0 N–H and O–H groups in total. The van der Waals surface area contributed by atoms with Crippen LogP contribution < -0.4 is 0 Å². The molecule has 1 aliphatic heterocycles. The minimum Gasteiger partial charge on any atom is -0.332 e. The second-order valence-electron chi connectivity index (χ2n) is 4.30. The van der Waals surface area contributed by atoms with Gasteiger partial charge in [0.1, 0.15) is 0 Å². The van der Waals surface area contributed by atoms with E-state index >= 15 is 0 Å². The number of nitrogens with zero attached hydrogens (tertiary/aromatic N) is 3. The quantitative estimate of drug-likeness (QED) is 0.732. The number of rotatable bonds is 2. The van der Waals surface area contributed by atoms with E-state index in [4.69, 9.17) is 0 Å². The maximum absolute atomic E-state index is 11.9. The Labute approximate surface area is 99.5 Å². The molecule has 1 aliphatic rings. The Morgan fingerprint density at radius 1 is 1.35 bits per heavy atom. The number of carbonyl (C=O) groups is 1. The first-order chi connectivity index (χ1) is 8.25. The van der Waals surface area contributed by atoms with Crippen molar-refractivity contribution in [1.82, 2.24) is 14.7 Å². The first kappa shape index (κ1) is 10.1. The van der Waals surface area contributed by atoms with Gasteiger partial charge in [-0.3, -0.25) is 4.79 Å². The fraction of sp³-hybridized carbons (Fsp3) is 0.231. The van der Waals surface area contributed by atoms with Crippen LogP contribution in [-0.4, -0.2) is 33.2 Å². The van der Waals surface area contributed by atoms with Crippen LogP contribution in [0.25, 0.3) is 5.69 Å². The second kappa shape index (κ2) is 3.73. The molecule has 1 aromatic carbocycles. The van der Waals surface area contributed by atoms with Gasteiger partial charge in [0.2, 0.25) is 0 Å². The molecule has 1 atom stereocenters. The summed E-state index contributed by atoms with van der Waals surface area (Å²) in [6, 6.07) is 9.79. The number of amides is 1. The SMILES string of the molecule is CC1CN1C(=O)c1ccc(-n2cccn2)cc1. The van der Waals surface area contributed by atoms with Crippen LogP contribution in [-0.2, 0) is 0 Å². The predicted molar refractivity (Wildman–Crippen MR) is 64.1 cm³/mol. The highest BCUT2D eigenvalue weighted by atomic mass is 16.2. The van der Waals surface area contributed by atoms with Crippen LogP contribution in [0.3, 0.4) is 0 Å². The minimum atomic E-state index is 0.115. The van der Waals surface area contributed by atoms with Crippen molar-refractivity contribution in [2.24, 2.45) is 0 Å². The lowest BCUT2D eigenvalue weighted by Gasteiger charge is -2.05. The number of hydrogen-bond donors (Lipinski definition) is 0. The van der Waals surface area contributed by atoms with Gasteiger partial charge in [-0.25, -0.2) is 4.68 Å². The Bertz CT molecular complexity index is 530. The highest BCUT2D eigenvalue weighted by Gasteiger charge is 2.34. The Balaban J connectivity index is 1.83. The fourth-order valence-corrected chi connectivity index (χ4v) is 1.86. The molecule has 1 amide bonds. The molecule has 1 aromatic heterocycles. The Morgan fingerprint density at radius 3 is 2.59 bits per heavy atom. The van der Waals surface area contributed by atoms with E-state index in [1.807, 2.05) is 41.4 Å². The highest BCUT2D eigenvalue weighted by Crippen LogP contribution is 2.20. The normalized spacial score (nSPS) is 18.2. The molecule has 2 aromatic rings. The van der Waals surface area contributed by atoms with Crippen LogP contribution in [0.15, 0.2) is 42.7 Å². The van der Waals surface area contributed by atoms with Crippen molar-refractivity contribution in [2.75, 3.05) is 6.54 Å². The molecular weight excluding hydrogens is 214 g/mol. The van der Waals surface area contributed by atoms with Crippen LogP contribution in [0, 0.1) is 0 Å². The topological polar surface area (TPSA) is 37.9 Å². The number of aromatic nitrogens is 2. The number of carbonyl (C=O) groups excluding carboxylic acids is 1. The zero-order valence-corrected chi connectivity index (χ0v) is 9.58. The number of benzene rings is 1. The van der Waals surface area contributed by atoms with Crippen molar-refractivity contribution in [2.45, 2.75) is 13.0 Å². The van der Waals surface area contributed by atoms with Crippen LogP contribution >= 0.6 is 0 Å². The van der Waals surface area contributed by atoms with Crippen molar-refractivity contribution in [3.8, 4) is 5.69 Å². The summed E-state index contributed by atoms with van der Waals surface area (Å²) in [6.45, 7) is 2.93. The summed E-state index contributed by atoms with van der Waals surface area (Å²) in [4.78, 5) is 13.8. The zero-order valence-electron chi connectivity index (χ0n) is 9.58. The molecule has 2 heterocycles. The van der Waals surface area contributed by atoms with Gasteiger partial charge in [-0.1, -0.05) is 0 Å². The molecule has 1 fully saturated rings. The van der Waals surface area contributed by atoms with E-state index in [9.17, 15) is 4.79 Å². The molecule has 17 heavy (non-hydrogen) atoms. The van der Waals surface area contributed by atoms with Crippen LogP contribution in [0.5, 0.6) is 0 Å². The summed E-state index contributed by atoms with van der Waals surface area (Å²) in [6.07, 6.45) is 3.61. The molecule has 0 saturated carbocycles. The smallest absolute Gasteiger partial charge is 0.254 e. The summed E-state index contributed by atoms with van der Waals surface area (Å²) >= 11 is 0. The largest absolute Gasteiger partial charge is 0.332 e. The van der Waals surface area contributed by atoms with Gasteiger partial charge in [-0.2, -0.15) is 5.10 Å². The van der Waals surface area contributed by atoms with Gasteiger partial charge in [-0.15, -0.1) is 0 Å². The molecule has 4 heteroatoms. The zero-order chi connectivity index (χ0) is 11.8. The third kappa shape index (κ3) is 1.82. The Morgan fingerprint density at radius 2 is 2.06 bits per heavy atom. The summed E-state index contributed by atoms with van der Waals surface area (Å²) in [7, 11) is 0. The molecule has 3 rings (SSSR count). The van der Waals surface area contributed by atoms with Crippen molar-refractivity contribution in [3.05, 3.63) is 48.3 Å². The molecule has 0 radical (unpaired) electrons. The van der Waals surface area contributed by atoms with E-state index in [-0.39, 0.29) is 5.91 Å². The average molecular weight is 227 g/mol. The lowest BCUT2D eigenvalue weighted by atomic mass is 10.2.